The van der Waals surface area contributed by atoms with E-state index in [1.54, 1.807) is 0 Å². The molecule has 1 aromatic rings. The zero-order valence-corrected chi connectivity index (χ0v) is 19.1. The minimum atomic E-state index is -3.92. The van der Waals surface area contributed by atoms with Crippen LogP contribution in [0.4, 0.5) is 8.78 Å². The largest absolute Gasteiger partial charge is 0.586 e. The zero-order valence-electron chi connectivity index (χ0n) is 19.1. The van der Waals surface area contributed by atoms with Crippen LogP contribution in [0.1, 0.15) is 23.2 Å². The first-order valence-corrected chi connectivity index (χ1v) is 11.4. The third kappa shape index (κ3) is 3.35. The van der Waals surface area contributed by atoms with E-state index in [-0.39, 0.29) is 61.0 Å². The Labute approximate surface area is 207 Å². The number of aliphatic hydroxyl groups excluding tert-OH is 1. The Morgan fingerprint density at radius 1 is 1.22 bits per heavy atom. The number of nitrogens with one attached hydrogen (secondary N) is 2. The van der Waals surface area contributed by atoms with Crippen molar-refractivity contribution >= 4 is 29.6 Å². The summed E-state index contributed by atoms with van der Waals surface area (Å²) in [7, 11) is 0. The molecule has 37 heavy (non-hydrogen) atoms. The molecule has 1 spiro atoms. The molecule has 7 N–H and O–H groups in total. The number of nitrogens with two attached hydrogens (primary N) is 2. The average molecular weight is 520 g/mol. The number of ether oxygens (including phenoxy) is 2. The Bertz CT molecular complexity index is 1270. The summed E-state index contributed by atoms with van der Waals surface area (Å²) in [6.45, 7) is -0.145. The van der Waals surface area contributed by atoms with Crippen LogP contribution in [0.2, 0.25) is 0 Å². The fourth-order valence-corrected chi connectivity index (χ4v) is 5.60. The fraction of sp³-hybridized carbons (Fsp3) is 0.476. The molecular formula is C21H22F2N8O6. The lowest BCUT2D eigenvalue weighted by Crippen LogP contribution is -2.73. The van der Waals surface area contributed by atoms with E-state index in [1.807, 2.05) is 0 Å². The molecule has 3 unspecified atom stereocenters. The molecule has 16 heteroatoms. The maximum Gasteiger partial charge on any atom is 0.586 e. The monoisotopic (exact) mass is 520 g/mol. The lowest BCUT2D eigenvalue weighted by molar-refractivity contribution is -0.286. The number of nitrogens with zero attached hydrogens (tertiary/aromatic N) is 4. The van der Waals surface area contributed by atoms with Crippen molar-refractivity contribution in [3.63, 3.8) is 0 Å². The van der Waals surface area contributed by atoms with Crippen LogP contribution < -0.4 is 31.6 Å². The number of aliphatic hydroxyl groups is 1. The van der Waals surface area contributed by atoms with Gasteiger partial charge in [0.15, 0.2) is 29.1 Å². The summed E-state index contributed by atoms with van der Waals surface area (Å²) in [6, 6.07) is 1.20. The van der Waals surface area contributed by atoms with E-state index in [4.69, 9.17) is 11.5 Å². The molecule has 2 fully saturated rings. The fourth-order valence-electron chi connectivity index (χ4n) is 5.60. The molecule has 14 nitrogen and oxygen atoms in total. The van der Waals surface area contributed by atoms with Gasteiger partial charge in [0.05, 0.1) is 24.2 Å². The van der Waals surface area contributed by atoms with Crippen LogP contribution in [0.15, 0.2) is 28.2 Å². The van der Waals surface area contributed by atoms with Crippen molar-refractivity contribution in [1.82, 2.24) is 20.4 Å². The highest BCUT2D eigenvalue weighted by Gasteiger charge is 2.66. The summed E-state index contributed by atoms with van der Waals surface area (Å²) in [6.07, 6.45) is -5.10. The number of benzene rings is 1. The van der Waals surface area contributed by atoms with Gasteiger partial charge in [-0.1, -0.05) is 6.07 Å². The van der Waals surface area contributed by atoms with E-state index in [0.717, 1.165) is 4.90 Å². The second-order valence-corrected chi connectivity index (χ2v) is 9.30. The van der Waals surface area contributed by atoms with Crippen molar-refractivity contribution in [2.24, 2.45) is 21.5 Å². The van der Waals surface area contributed by atoms with Gasteiger partial charge in [-0.2, -0.15) is 0 Å². The molecule has 3 amide bonds. The van der Waals surface area contributed by atoms with Gasteiger partial charge in [0, 0.05) is 19.4 Å². The number of hydrogen-bond donors (Lipinski definition) is 5. The number of halogens is 2. The van der Waals surface area contributed by atoms with E-state index >= 15 is 0 Å². The molecule has 1 aromatic carbocycles. The summed E-state index contributed by atoms with van der Waals surface area (Å²) in [5.41, 5.74) is 10.6. The van der Waals surface area contributed by atoms with Crippen LogP contribution in [0.3, 0.4) is 0 Å². The Morgan fingerprint density at radius 3 is 2.68 bits per heavy atom. The number of para-hydroxylation sites is 1. The van der Waals surface area contributed by atoms with Crippen LogP contribution in [-0.4, -0.2) is 93.8 Å². The Kier molecular flexibility index (Phi) is 4.79. The van der Waals surface area contributed by atoms with Crippen LogP contribution in [0, 0.1) is 0 Å². The first-order chi connectivity index (χ1) is 17.5. The van der Waals surface area contributed by atoms with E-state index < -0.39 is 47.8 Å². The molecule has 0 aromatic heterocycles. The number of carbonyl (C=O) groups excluding carboxylic acids is 3. The number of imide groups is 1. The van der Waals surface area contributed by atoms with Crippen molar-refractivity contribution in [3.8, 4) is 11.5 Å². The van der Waals surface area contributed by atoms with Gasteiger partial charge in [-0.05, 0) is 12.1 Å². The lowest BCUT2D eigenvalue weighted by atomic mass is 9.87. The van der Waals surface area contributed by atoms with Crippen molar-refractivity contribution in [2.45, 2.75) is 49.0 Å². The molecule has 5 aliphatic heterocycles. The van der Waals surface area contributed by atoms with Gasteiger partial charge in [-0.15, -0.1) is 8.78 Å². The standard InChI is InChI=1S/C21H22F2N8O6/c22-21(23)36-11-3-1-2-8(14(11)37-21)17(35)26-10-7-31-19(25)27-9(6-30-12(32)4-5-13(30)33)15-20(31,16(10)34)29-18(24)28-15/h1-3,9-10,15-16,34H,4-7H2,(H2,25,27)(H,26,35)(H3,24,28,29)/t9-,10-,15?,16?,20?/m0/s1. The number of fused-ring (bicyclic) bond motifs is 1. The van der Waals surface area contributed by atoms with Crippen LogP contribution >= 0.6 is 0 Å². The number of amides is 3. The van der Waals surface area contributed by atoms with Crippen LogP contribution in [-0.2, 0) is 9.59 Å². The first-order valence-electron chi connectivity index (χ1n) is 11.4. The van der Waals surface area contributed by atoms with Crippen molar-refractivity contribution in [1.29, 1.82) is 0 Å². The molecule has 2 saturated heterocycles. The van der Waals surface area contributed by atoms with E-state index in [9.17, 15) is 28.3 Å². The maximum absolute atomic E-state index is 13.6. The van der Waals surface area contributed by atoms with Crippen LogP contribution in [0.5, 0.6) is 11.5 Å². The van der Waals surface area contributed by atoms with Gasteiger partial charge < -0.3 is 41.6 Å². The molecule has 0 bridgehead atoms. The van der Waals surface area contributed by atoms with E-state index in [0.29, 0.717) is 0 Å². The van der Waals surface area contributed by atoms with Gasteiger partial charge in [0.1, 0.15) is 12.1 Å². The number of carbonyl (C=O) groups is 3. The number of alkyl halides is 2. The van der Waals surface area contributed by atoms with E-state index in [1.165, 1.54) is 23.1 Å². The van der Waals surface area contributed by atoms with Gasteiger partial charge in [0.2, 0.25) is 11.8 Å². The third-order valence-corrected chi connectivity index (χ3v) is 7.17. The zero-order chi connectivity index (χ0) is 26.3. The molecular weight excluding hydrogens is 498 g/mol. The third-order valence-electron chi connectivity index (χ3n) is 7.17. The molecule has 5 heterocycles. The normalized spacial score (nSPS) is 33.1. The molecule has 196 valence electrons. The predicted molar refractivity (Wildman–Crippen MR) is 119 cm³/mol. The lowest BCUT2D eigenvalue weighted by Gasteiger charge is -2.46. The van der Waals surface area contributed by atoms with Gasteiger partial charge in [-0.25, -0.2) is 9.98 Å². The summed E-state index contributed by atoms with van der Waals surface area (Å²) in [4.78, 5) is 48.9. The van der Waals surface area contributed by atoms with Gasteiger partial charge in [-0.3, -0.25) is 19.3 Å². The van der Waals surface area contributed by atoms with Crippen molar-refractivity contribution < 1.29 is 37.7 Å². The van der Waals surface area contributed by atoms with Gasteiger partial charge >= 0.3 is 6.29 Å². The highest BCUT2D eigenvalue weighted by Crippen LogP contribution is 2.44. The molecule has 0 aliphatic carbocycles. The number of hydrogen-bond acceptors (Lipinski definition) is 12. The smallest absolute Gasteiger partial charge is 0.395 e. The Hall–Kier alpha value is -4.21. The highest BCUT2D eigenvalue weighted by atomic mass is 19.3. The van der Waals surface area contributed by atoms with Crippen molar-refractivity contribution in [3.05, 3.63) is 23.8 Å². The SMILES string of the molecule is NC1=NC2[C@H](CN3C(=O)CCC3=O)N=C(N)N3C[C@H](NC(=O)c4cccc5c4OC(F)(F)O5)C(O)C23N1. The molecule has 5 aliphatic rings. The average Bonchev–Trinajstić information content (AvgIpc) is 3.53. The summed E-state index contributed by atoms with van der Waals surface area (Å²) >= 11 is 0. The summed E-state index contributed by atoms with van der Waals surface area (Å²) in [5.74, 6) is -2.27. The Morgan fingerprint density at radius 2 is 1.95 bits per heavy atom. The van der Waals surface area contributed by atoms with Crippen LogP contribution in [0.25, 0.3) is 0 Å². The number of rotatable bonds is 4. The highest BCUT2D eigenvalue weighted by molar-refractivity contribution is 6.02. The van der Waals surface area contributed by atoms with E-state index in [2.05, 4.69) is 30.1 Å². The molecule has 0 radical (unpaired) electrons. The molecule has 5 atom stereocenters. The summed E-state index contributed by atoms with van der Waals surface area (Å²) in [5, 5.41) is 17.0. The number of guanidine groups is 2. The minimum absolute atomic E-state index is 0.0227. The quantitative estimate of drug-likeness (QED) is 0.267. The topological polar surface area (TPSA) is 197 Å². The number of aliphatic imine (C=N–C) groups is 2. The van der Waals surface area contributed by atoms with Crippen molar-refractivity contribution in [2.75, 3.05) is 13.1 Å². The second kappa shape index (κ2) is 7.64. The maximum atomic E-state index is 13.6. The molecule has 0 saturated carbocycles. The minimum Gasteiger partial charge on any atom is -0.395 e. The van der Waals surface area contributed by atoms with Gasteiger partial charge in [0.25, 0.3) is 5.91 Å². The Balaban J connectivity index is 1.27. The summed E-state index contributed by atoms with van der Waals surface area (Å²) < 4.78 is 36.0. The first kappa shape index (κ1) is 23.2. The molecule has 6 rings (SSSR count). The second-order valence-electron chi connectivity index (χ2n) is 9.30. The predicted octanol–water partition coefficient (Wildman–Crippen LogP) is -2.39. The number of likely N-dealkylation sites (tertiary alicyclic amines) is 1.